The third-order valence-electron chi connectivity index (χ3n) is 3.29. The number of hydrogen-bond acceptors (Lipinski definition) is 6. The van der Waals surface area contributed by atoms with Crippen molar-refractivity contribution in [2.75, 3.05) is 25.8 Å². The van der Waals surface area contributed by atoms with Gasteiger partial charge in [0.2, 0.25) is 0 Å². The molecule has 0 aliphatic carbocycles. The molecule has 8 heteroatoms. The van der Waals surface area contributed by atoms with E-state index in [0.717, 1.165) is 4.90 Å². The number of carbonyl (C=O) groups excluding carboxylic acids is 1. The summed E-state index contributed by atoms with van der Waals surface area (Å²) >= 11 is 1.58. The second-order valence-corrected chi connectivity index (χ2v) is 5.54. The molecular formula is C16H16N2O5S. The minimum Gasteiger partial charge on any atom is -0.493 e. The van der Waals surface area contributed by atoms with Gasteiger partial charge in [-0.3, -0.25) is 14.9 Å². The molecule has 0 fully saturated rings. The van der Waals surface area contributed by atoms with Crippen molar-refractivity contribution in [3.05, 3.63) is 52.1 Å². The average Bonchev–Trinajstić information content (AvgIpc) is 2.60. The van der Waals surface area contributed by atoms with E-state index in [9.17, 15) is 14.9 Å². The van der Waals surface area contributed by atoms with Crippen LogP contribution in [0.3, 0.4) is 0 Å². The number of hydrogen-bond donors (Lipinski definition) is 1. The Morgan fingerprint density at radius 1 is 1.12 bits per heavy atom. The Balaban J connectivity index is 2.37. The fourth-order valence-electron chi connectivity index (χ4n) is 2.07. The van der Waals surface area contributed by atoms with E-state index in [-0.39, 0.29) is 22.7 Å². The summed E-state index contributed by atoms with van der Waals surface area (Å²) in [6.07, 6.45) is 1.95. The molecule has 0 unspecified atom stereocenters. The van der Waals surface area contributed by atoms with Crippen molar-refractivity contribution < 1.29 is 19.2 Å². The second kappa shape index (κ2) is 7.69. The van der Waals surface area contributed by atoms with Crippen LogP contribution in [-0.2, 0) is 0 Å². The van der Waals surface area contributed by atoms with Gasteiger partial charge in [-0.15, -0.1) is 11.8 Å². The fraction of sp³-hybridized carbons (Fsp3) is 0.188. The molecule has 2 rings (SSSR count). The van der Waals surface area contributed by atoms with Gasteiger partial charge in [-0.25, -0.2) is 0 Å². The van der Waals surface area contributed by atoms with Gasteiger partial charge in [-0.05, 0) is 30.5 Å². The van der Waals surface area contributed by atoms with Crippen molar-refractivity contribution in [2.24, 2.45) is 0 Å². The van der Waals surface area contributed by atoms with E-state index < -0.39 is 10.8 Å². The van der Waals surface area contributed by atoms with Crippen LogP contribution in [0.5, 0.6) is 11.5 Å². The molecule has 126 valence electrons. The van der Waals surface area contributed by atoms with Crippen molar-refractivity contribution in [1.29, 1.82) is 0 Å². The van der Waals surface area contributed by atoms with E-state index in [1.54, 1.807) is 23.9 Å². The molecule has 0 saturated carbocycles. The number of thioether (sulfide) groups is 1. The predicted molar refractivity (Wildman–Crippen MR) is 92.4 cm³/mol. The van der Waals surface area contributed by atoms with Crippen LogP contribution in [0.1, 0.15) is 10.4 Å². The van der Waals surface area contributed by atoms with E-state index in [4.69, 9.17) is 9.47 Å². The van der Waals surface area contributed by atoms with Gasteiger partial charge in [0.15, 0.2) is 11.5 Å². The molecule has 2 aromatic carbocycles. The standard InChI is InChI=1S/C16H16N2O5S/c1-22-14-8-12(13(18(20)21)9-15(14)23-2)16(19)17-10-4-6-11(24-3)7-5-10/h4-9H,1-3H3,(H,17,19). The molecule has 0 heterocycles. The van der Waals surface area contributed by atoms with E-state index >= 15 is 0 Å². The molecule has 0 aliphatic heterocycles. The summed E-state index contributed by atoms with van der Waals surface area (Å²) in [7, 11) is 2.77. The minimum absolute atomic E-state index is 0.105. The highest BCUT2D eigenvalue weighted by Gasteiger charge is 2.24. The SMILES string of the molecule is COc1cc(C(=O)Nc2ccc(SC)cc2)c([N+](=O)[O-])cc1OC. The molecule has 24 heavy (non-hydrogen) atoms. The minimum atomic E-state index is -0.631. The summed E-state index contributed by atoms with van der Waals surface area (Å²) in [6, 6.07) is 9.63. The first kappa shape index (κ1) is 17.6. The molecule has 0 saturated heterocycles. The predicted octanol–water partition coefficient (Wildman–Crippen LogP) is 3.59. The van der Waals surface area contributed by atoms with Gasteiger partial charge in [0.25, 0.3) is 11.6 Å². The van der Waals surface area contributed by atoms with Crippen LogP contribution < -0.4 is 14.8 Å². The molecule has 1 N–H and O–H groups in total. The lowest BCUT2D eigenvalue weighted by molar-refractivity contribution is -0.385. The van der Waals surface area contributed by atoms with E-state index in [1.165, 1.54) is 26.4 Å². The van der Waals surface area contributed by atoms with Crippen molar-refractivity contribution in [1.82, 2.24) is 0 Å². The zero-order valence-electron chi connectivity index (χ0n) is 13.4. The fourth-order valence-corrected chi connectivity index (χ4v) is 2.48. The molecule has 0 aliphatic rings. The van der Waals surface area contributed by atoms with Crippen LogP contribution >= 0.6 is 11.8 Å². The van der Waals surface area contributed by atoms with Crippen molar-refractivity contribution in [3.63, 3.8) is 0 Å². The molecule has 0 radical (unpaired) electrons. The van der Waals surface area contributed by atoms with Crippen LogP contribution in [0.25, 0.3) is 0 Å². The van der Waals surface area contributed by atoms with Crippen LogP contribution in [0.15, 0.2) is 41.3 Å². The first-order valence-electron chi connectivity index (χ1n) is 6.86. The average molecular weight is 348 g/mol. The molecule has 1 amide bonds. The maximum atomic E-state index is 12.4. The number of nitrogens with one attached hydrogen (secondary N) is 1. The lowest BCUT2D eigenvalue weighted by Crippen LogP contribution is -2.14. The number of amides is 1. The first-order valence-corrected chi connectivity index (χ1v) is 8.08. The van der Waals surface area contributed by atoms with Gasteiger partial charge < -0.3 is 14.8 Å². The topological polar surface area (TPSA) is 90.7 Å². The van der Waals surface area contributed by atoms with Crippen LogP contribution in [0.4, 0.5) is 11.4 Å². The summed E-state index contributed by atoms with van der Waals surface area (Å²) in [6.45, 7) is 0. The number of anilines is 1. The van der Waals surface area contributed by atoms with E-state index in [2.05, 4.69) is 5.32 Å². The zero-order chi connectivity index (χ0) is 17.7. The molecule has 2 aromatic rings. The summed E-state index contributed by atoms with van der Waals surface area (Å²) < 4.78 is 10.2. The molecule has 0 aromatic heterocycles. The van der Waals surface area contributed by atoms with Gasteiger partial charge in [0, 0.05) is 16.6 Å². The Morgan fingerprint density at radius 3 is 2.21 bits per heavy atom. The number of ether oxygens (including phenoxy) is 2. The molecule has 0 bridgehead atoms. The number of nitrogens with zero attached hydrogens (tertiary/aromatic N) is 1. The van der Waals surface area contributed by atoms with E-state index in [0.29, 0.717) is 5.69 Å². The maximum Gasteiger partial charge on any atom is 0.286 e. The van der Waals surface area contributed by atoms with Crippen LogP contribution in [-0.4, -0.2) is 31.3 Å². The highest BCUT2D eigenvalue weighted by Crippen LogP contribution is 2.34. The Labute approximate surface area is 143 Å². The third-order valence-corrected chi connectivity index (χ3v) is 4.03. The Hall–Kier alpha value is -2.74. The third kappa shape index (κ3) is 3.77. The van der Waals surface area contributed by atoms with Gasteiger partial charge in [-0.2, -0.15) is 0 Å². The summed E-state index contributed by atoms with van der Waals surface area (Å²) in [5.74, 6) is -0.171. The first-order chi connectivity index (χ1) is 11.5. The quantitative estimate of drug-likeness (QED) is 0.487. The highest BCUT2D eigenvalue weighted by atomic mass is 32.2. The highest BCUT2D eigenvalue weighted by molar-refractivity contribution is 7.98. The Bertz CT molecular complexity index is 762. The second-order valence-electron chi connectivity index (χ2n) is 4.66. The van der Waals surface area contributed by atoms with Crippen molar-refractivity contribution in [2.45, 2.75) is 4.90 Å². The van der Waals surface area contributed by atoms with Crippen LogP contribution in [0.2, 0.25) is 0 Å². The monoisotopic (exact) mass is 348 g/mol. The van der Waals surface area contributed by atoms with E-state index in [1.807, 2.05) is 18.4 Å². The number of carbonyl (C=O) groups is 1. The number of nitro benzene ring substituents is 1. The largest absolute Gasteiger partial charge is 0.493 e. The van der Waals surface area contributed by atoms with Gasteiger partial charge in [0.05, 0.1) is 25.2 Å². The molecule has 0 atom stereocenters. The summed E-state index contributed by atoms with van der Waals surface area (Å²) in [5, 5.41) is 13.9. The summed E-state index contributed by atoms with van der Waals surface area (Å²) in [5.41, 5.74) is 0.0827. The Kier molecular flexibility index (Phi) is 5.64. The molecule has 0 spiro atoms. The molecular weight excluding hydrogens is 332 g/mol. The number of benzene rings is 2. The Morgan fingerprint density at radius 2 is 1.71 bits per heavy atom. The number of nitro groups is 1. The van der Waals surface area contributed by atoms with Gasteiger partial charge in [0.1, 0.15) is 5.56 Å². The summed E-state index contributed by atoms with van der Waals surface area (Å²) in [4.78, 5) is 24.1. The number of methoxy groups -OCH3 is 2. The van der Waals surface area contributed by atoms with Gasteiger partial charge >= 0.3 is 0 Å². The number of rotatable bonds is 6. The lowest BCUT2D eigenvalue weighted by Gasteiger charge is -2.11. The molecule has 7 nitrogen and oxygen atoms in total. The zero-order valence-corrected chi connectivity index (χ0v) is 14.2. The van der Waals surface area contributed by atoms with Gasteiger partial charge in [-0.1, -0.05) is 0 Å². The maximum absolute atomic E-state index is 12.4. The normalized spacial score (nSPS) is 10.1. The van der Waals surface area contributed by atoms with Crippen LogP contribution in [0, 0.1) is 10.1 Å². The van der Waals surface area contributed by atoms with Crippen molar-refractivity contribution in [3.8, 4) is 11.5 Å². The smallest absolute Gasteiger partial charge is 0.286 e. The lowest BCUT2D eigenvalue weighted by atomic mass is 10.1. The van der Waals surface area contributed by atoms with Crippen molar-refractivity contribution >= 4 is 29.0 Å².